The summed E-state index contributed by atoms with van der Waals surface area (Å²) in [4.78, 5) is 0.0793. The zero-order chi connectivity index (χ0) is 14.3. The van der Waals surface area contributed by atoms with Crippen LogP contribution in [0.2, 0.25) is 0 Å². The lowest BCUT2D eigenvalue weighted by Crippen LogP contribution is -2.42. The summed E-state index contributed by atoms with van der Waals surface area (Å²) in [6, 6.07) is 4.79. The molecule has 3 nitrogen and oxygen atoms in total. The highest BCUT2D eigenvalue weighted by Crippen LogP contribution is 2.39. The topological polar surface area (TPSA) is 54.4 Å². The number of hydrogen-bond acceptors (Lipinski definition) is 3. The van der Waals surface area contributed by atoms with Crippen LogP contribution in [0.1, 0.15) is 33.1 Å². The summed E-state index contributed by atoms with van der Waals surface area (Å²) in [7, 11) is -3.62. The molecule has 5 heteroatoms. The molecule has 0 spiro atoms. The van der Waals surface area contributed by atoms with E-state index in [2.05, 4.69) is 0 Å². The molecule has 0 aromatic heterocycles. The third-order valence-electron chi connectivity index (χ3n) is 3.84. The fraction of sp³-hybridized carbons (Fsp3) is 0.571. The van der Waals surface area contributed by atoms with Crippen LogP contribution in [-0.4, -0.2) is 24.9 Å². The van der Waals surface area contributed by atoms with Crippen LogP contribution in [-0.2, 0) is 9.84 Å². The number of aliphatic hydroxyl groups is 1. The van der Waals surface area contributed by atoms with E-state index in [1.165, 1.54) is 12.1 Å². The van der Waals surface area contributed by atoms with Crippen molar-refractivity contribution >= 4 is 9.84 Å². The number of benzene rings is 1. The van der Waals surface area contributed by atoms with Gasteiger partial charge in [0, 0.05) is 0 Å². The molecule has 1 aliphatic carbocycles. The van der Waals surface area contributed by atoms with Gasteiger partial charge >= 0.3 is 0 Å². The number of rotatable bonds is 2. The predicted octanol–water partition coefficient (Wildman–Crippen LogP) is 2.54. The maximum absolute atomic E-state index is 12.9. The van der Waals surface area contributed by atoms with Crippen molar-refractivity contribution in [3.05, 3.63) is 30.1 Å². The number of sulfone groups is 1. The Morgan fingerprint density at radius 3 is 2.42 bits per heavy atom. The molecular formula is C14H19FO3S. The number of hydrogen-bond donors (Lipinski definition) is 1. The number of halogens is 1. The van der Waals surface area contributed by atoms with Crippen LogP contribution >= 0.6 is 0 Å². The Morgan fingerprint density at radius 1 is 1.26 bits per heavy atom. The molecule has 1 aromatic carbocycles. The van der Waals surface area contributed by atoms with Gasteiger partial charge in [-0.05, 0) is 48.9 Å². The van der Waals surface area contributed by atoms with E-state index in [0.29, 0.717) is 12.8 Å². The van der Waals surface area contributed by atoms with E-state index < -0.39 is 27.0 Å². The van der Waals surface area contributed by atoms with Gasteiger partial charge in [0.15, 0.2) is 9.84 Å². The Hall–Kier alpha value is -0.940. The van der Waals surface area contributed by atoms with Gasteiger partial charge in [0.2, 0.25) is 0 Å². The molecule has 1 fully saturated rings. The van der Waals surface area contributed by atoms with Gasteiger partial charge in [-0.2, -0.15) is 0 Å². The van der Waals surface area contributed by atoms with Crippen LogP contribution in [0.4, 0.5) is 4.39 Å². The third kappa shape index (κ3) is 2.98. The smallest absolute Gasteiger partial charge is 0.183 e. The van der Waals surface area contributed by atoms with Crippen LogP contribution in [0, 0.1) is 11.2 Å². The average molecular weight is 286 g/mol. The summed E-state index contributed by atoms with van der Waals surface area (Å²) in [6.07, 6.45) is 0.873. The summed E-state index contributed by atoms with van der Waals surface area (Å²) in [5.74, 6) is -0.469. The molecule has 1 saturated carbocycles. The van der Waals surface area contributed by atoms with E-state index in [9.17, 15) is 17.9 Å². The molecule has 0 aliphatic heterocycles. The van der Waals surface area contributed by atoms with Crippen molar-refractivity contribution in [2.24, 2.45) is 5.41 Å². The summed E-state index contributed by atoms with van der Waals surface area (Å²) in [5, 5.41) is 9.20. The molecule has 1 aromatic rings. The van der Waals surface area contributed by atoms with Gasteiger partial charge in [0.25, 0.3) is 0 Å². The molecular weight excluding hydrogens is 267 g/mol. The Bertz CT molecular complexity index is 549. The SMILES string of the molecule is CC1(C)CCC(O)C(S(=O)(=O)c2ccc(F)cc2)C1. The fourth-order valence-electron chi connectivity index (χ4n) is 2.62. The molecule has 1 N–H and O–H groups in total. The maximum Gasteiger partial charge on any atom is 0.183 e. The van der Waals surface area contributed by atoms with Gasteiger partial charge in [-0.25, -0.2) is 12.8 Å². The minimum atomic E-state index is -3.62. The zero-order valence-electron chi connectivity index (χ0n) is 11.1. The summed E-state index contributed by atoms with van der Waals surface area (Å²) in [6.45, 7) is 4.01. The first-order valence-electron chi connectivity index (χ1n) is 6.40. The Labute approximate surface area is 113 Å². The van der Waals surface area contributed by atoms with E-state index in [4.69, 9.17) is 0 Å². The van der Waals surface area contributed by atoms with Crippen molar-refractivity contribution in [1.82, 2.24) is 0 Å². The molecule has 19 heavy (non-hydrogen) atoms. The highest BCUT2D eigenvalue weighted by molar-refractivity contribution is 7.92. The molecule has 2 unspecified atom stereocenters. The van der Waals surface area contributed by atoms with Crippen LogP contribution < -0.4 is 0 Å². The van der Waals surface area contributed by atoms with Crippen molar-refractivity contribution in [1.29, 1.82) is 0 Å². The Kier molecular flexibility index (Phi) is 3.71. The Balaban J connectivity index is 2.35. The lowest BCUT2D eigenvalue weighted by Gasteiger charge is -2.38. The predicted molar refractivity (Wildman–Crippen MR) is 71.0 cm³/mol. The van der Waals surface area contributed by atoms with Crippen molar-refractivity contribution in [3.8, 4) is 0 Å². The maximum atomic E-state index is 12.9. The van der Waals surface area contributed by atoms with E-state index in [1.54, 1.807) is 0 Å². The highest BCUT2D eigenvalue weighted by atomic mass is 32.2. The standard InChI is InChI=1S/C14H19FO3S/c1-14(2)8-7-12(16)13(9-14)19(17,18)11-5-3-10(15)4-6-11/h3-6,12-13,16H,7-9H2,1-2H3. The van der Waals surface area contributed by atoms with Gasteiger partial charge < -0.3 is 5.11 Å². The Morgan fingerprint density at radius 2 is 1.84 bits per heavy atom. The van der Waals surface area contributed by atoms with Gasteiger partial charge in [-0.1, -0.05) is 13.8 Å². The van der Waals surface area contributed by atoms with E-state index in [0.717, 1.165) is 18.6 Å². The summed E-state index contributed by atoms with van der Waals surface area (Å²) in [5.41, 5.74) is -0.100. The van der Waals surface area contributed by atoms with Crippen LogP contribution in [0.15, 0.2) is 29.2 Å². The molecule has 0 heterocycles. The lowest BCUT2D eigenvalue weighted by molar-refractivity contribution is 0.0835. The quantitative estimate of drug-likeness (QED) is 0.850. The van der Waals surface area contributed by atoms with Crippen molar-refractivity contribution in [2.45, 2.75) is 49.4 Å². The molecule has 0 bridgehead atoms. The first kappa shape index (κ1) is 14.5. The summed E-state index contributed by atoms with van der Waals surface area (Å²) >= 11 is 0. The number of aliphatic hydroxyl groups excluding tert-OH is 1. The van der Waals surface area contributed by atoms with E-state index in [1.807, 2.05) is 13.8 Å². The van der Waals surface area contributed by atoms with Gasteiger partial charge in [0.1, 0.15) is 5.82 Å². The second-order valence-electron chi connectivity index (χ2n) is 6.01. The molecule has 1 aliphatic rings. The lowest BCUT2D eigenvalue weighted by atomic mass is 9.76. The molecule has 2 atom stereocenters. The molecule has 0 saturated heterocycles. The van der Waals surface area contributed by atoms with E-state index in [-0.39, 0.29) is 10.3 Å². The second-order valence-corrected chi connectivity index (χ2v) is 8.18. The van der Waals surface area contributed by atoms with Gasteiger partial charge in [0.05, 0.1) is 16.2 Å². The van der Waals surface area contributed by atoms with Crippen molar-refractivity contribution in [3.63, 3.8) is 0 Å². The largest absolute Gasteiger partial charge is 0.392 e. The molecule has 0 radical (unpaired) electrons. The highest BCUT2D eigenvalue weighted by Gasteiger charge is 2.41. The third-order valence-corrected chi connectivity index (χ3v) is 6.05. The molecule has 106 valence electrons. The van der Waals surface area contributed by atoms with Crippen LogP contribution in [0.5, 0.6) is 0 Å². The summed E-state index contributed by atoms with van der Waals surface area (Å²) < 4.78 is 37.9. The van der Waals surface area contributed by atoms with Gasteiger partial charge in [-0.15, -0.1) is 0 Å². The first-order valence-corrected chi connectivity index (χ1v) is 7.94. The first-order chi connectivity index (χ1) is 8.72. The normalized spacial score (nSPS) is 27.2. The molecule has 2 rings (SSSR count). The fourth-order valence-corrected chi connectivity index (χ4v) is 4.71. The van der Waals surface area contributed by atoms with E-state index >= 15 is 0 Å². The zero-order valence-corrected chi connectivity index (χ0v) is 12.0. The van der Waals surface area contributed by atoms with Gasteiger partial charge in [-0.3, -0.25) is 0 Å². The minimum absolute atomic E-state index is 0.0793. The average Bonchev–Trinajstić information content (AvgIpc) is 2.33. The molecule has 0 amide bonds. The van der Waals surface area contributed by atoms with Crippen LogP contribution in [0.25, 0.3) is 0 Å². The minimum Gasteiger partial charge on any atom is -0.392 e. The van der Waals surface area contributed by atoms with Crippen molar-refractivity contribution < 1.29 is 17.9 Å². The monoisotopic (exact) mass is 286 g/mol. The second kappa shape index (κ2) is 4.87. The van der Waals surface area contributed by atoms with Crippen molar-refractivity contribution in [2.75, 3.05) is 0 Å². The van der Waals surface area contributed by atoms with Crippen LogP contribution in [0.3, 0.4) is 0 Å².